The molecular weight excluding hydrogens is 352 g/mol. The van der Waals surface area contributed by atoms with E-state index in [1.807, 2.05) is 4.90 Å². The molecule has 3 heterocycles. The van der Waals surface area contributed by atoms with E-state index >= 15 is 0 Å². The van der Waals surface area contributed by atoms with E-state index in [1.54, 1.807) is 6.92 Å². The third-order valence-electron chi connectivity index (χ3n) is 4.86. The number of nitrogens with zero attached hydrogens (tertiary/aromatic N) is 3. The lowest BCUT2D eigenvalue weighted by Gasteiger charge is -2.32. The molecule has 0 saturated carbocycles. The van der Waals surface area contributed by atoms with E-state index in [0.29, 0.717) is 36.6 Å². The molecule has 26 heavy (non-hydrogen) atoms. The fourth-order valence-electron chi connectivity index (χ4n) is 3.68. The van der Waals surface area contributed by atoms with Gasteiger partial charge in [0.1, 0.15) is 5.75 Å². The number of nitrogens with one attached hydrogen (secondary N) is 1. The number of aromatic nitrogens is 2. The molecule has 9 heteroatoms. The highest BCUT2D eigenvalue weighted by molar-refractivity contribution is 5.47. The first kappa shape index (κ1) is 17.1. The highest BCUT2D eigenvalue weighted by Gasteiger charge is 2.35. The van der Waals surface area contributed by atoms with E-state index in [0.717, 1.165) is 12.8 Å². The van der Waals surface area contributed by atoms with Crippen LogP contribution in [0.2, 0.25) is 0 Å². The fraction of sp³-hybridized carbons (Fsp3) is 0.471. The van der Waals surface area contributed by atoms with Gasteiger partial charge in [0.15, 0.2) is 11.6 Å². The van der Waals surface area contributed by atoms with E-state index in [-0.39, 0.29) is 11.6 Å². The maximum atomic E-state index is 14.7. The predicted octanol–water partition coefficient (Wildman–Crippen LogP) is 3.16. The van der Waals surface area contributed by atoms with Gasteiger partial charge in [-0.2, -0.15) is 0 Å². The van der Waals surface area contributed by atoms with E-state index < -0.39 is 12.2 Å². The van der Waals surface area contributed by atoms with Crippen molar-refractivity contribution in [2.24, 2.45) is 0 Å². The molecule has 2 aliphatic heterocycles. The summed E-state index contributed by atoms with van der Waals surface area (Å²) in [5, 5.41) is 7.86. The number of piperazine rings is 1. The maximum absolute atomic E-state index is 14.7. The molecule has 0 radical (unpaired) electrons. The highest BCUT2D eigenvalue weighted by atomic mass is 19.4. The van der Waals surface area contributed by atoms with Crippen LogP contribution in [0.3, 0.4) is 0 Å². The fourth-order valence-corrected chi connectivity index (χ4v) is 3.68. The Morgan fingerprint density at radius 1 is 1.12 bits per heavy atom. The predicted molar refractivity (Wildman–Crippen MR) is 87.1 cm³/mol. The summed E-state index contributed by atoms with van der Waals surface area (Å²) in [6, 6.07) is 5.91. The van der Waals surface area contributed by atoms with Gasteiger partial charge in [-0.05, 0) is 44.0 Å². The summed E-state index contributed by atoms with van der Waals surface area (Å²) in [4.78, 5) is 1.94. The molecular formula is C17H18F4N4O. The maximum Gasteiger partial charge on any atom is 0.573 e. The highest BCUT2D eigenvalue weighted by Crippen LogP contribution is 2.30. The van der Waals surface area contributed by atoms with Crippen LogP contribution in [-0.4, -0.2) is 41.3 Å². The van der Waals surface area contributed by atoms with E-state index in [4.69, 9.17) is 0 Å². The van der Waals surface area contributed by atoms with Crippen molar-refractivity contribution in [3.05, 3.63) is 35.8 Å². The number of halogens is 4. The zero-order chi connectivity index (χ0) is 18.5. The average molecular weight is 370 g/mol. The molecule has 2 saturated heterocycles. The average Bonchev–Trinajstić information content (AvgIpc) is 3.07. The van der Waals surface area contributed by atoms with E-state index in [9.17, 15) is 17.6 Å². The van der Waals surface area contributed by atoms with Gasteiger partial charge in [0.05, 0.1) is 11.4 Å². The van der Waals surface area contributed by atoms with Crippen LogP contribution in [0.4, 0.5) is 23.4 Å². The second-order valence-corrected chi connectivity index (χ2v) is 6.72. The van der Waals surface area contributed by atoms with Gasteiger partial charge in [0.25, 0.3) is 0 Å². The molecule has 2 bridgehead atoms. The van der Waals surface area contributed by atoms with Crippen molar-refractivity contribution in [1.82, 2.24) is 15.1 Å². The molecule has 1 N–H and O–H groups in total. The minimum absolute atomic E-state index is 0.288. The van der Waals surface area contributed by atoms with Gasteiger partial charge in [0, 0.05) is 25.2 Å². The summed E-state index contributed by atoms with van der Waals surface area (Å²) in [6.45, 7) is 2.99. The quantitative estimate of drug-likeness (QED) is 0.843. The van der Waals surface area contributed by atoms with Crippen molar-refractivity contribution in [1.29, 1.82) is 0 Å². The number of anilines is 1. The van der Waals surface area contributed by atoms with Crippen LogP contribution in [0, 0.1) is 12.7 Å². The van der Waals surface area contributed by atoms with Crippen molar-refractivity contribution < 1.29 is 22.3 Å². The minimum atomic E-state index is -4.75. The molecule has 1 aromatic carbocycles. The largest absolute Gasteiger partial charge is 0.573 e. The third-order valence-corrected chi connectivity index (χ3v) is 4.86. The number of hydrogen-bond acceptors (Lipinski definition) is 4. The van der Waals surface area contributed by atoms with Gasteiger partial charge in [-0.25, -0.2) is 9.07 Å². The van der Waals surface area contributed by atoms with Crippen LogP contribution in [0.1, 0.15) is 18.5 Å². The second kappa shape index (κ2) is 6.15. The summed E-state index contributed by atoms with van der Waals surface area (Å²) < 4.78 is 56.8. The molecule has 4 rings (SSSR count). The Hall–Kier alpha value is -2.29. The van der Waals surface area contributed by atoms with Crippen molar-refractivity contribution in [2.45, 2.75) is 38.2 Å². The lowest BCUT2D eigenvalue weighted by atomic mass is 10.2. The molecule has 2 fully saturated rings. The number of rotatable bonds is 3. The van der Waals surface area contributed by atoms with Gasteiger partial charge in [-0.3, -0.25) is 0 Å². The molecule has 2 atom stereocenters. The first-order chi connectivity index (χ1) is 12.3. The van der Waals surface area contributed by atoms with Gasteiger partial charge in [-0.1, -0.05) is 0 Å². The minimum Gasteiger partial charge on any atom is -0.406 e. The van der Waals surface area contributed by atoms with Crippen LogP contribution >= 0.6 is 0 Å². The lowest BCUT2D eigenvalue weighted by molar-refractivity contribution is -0.274. The molecule has 0 aliphatic carbocycles. The molecule has 5 nitrogen and oxygen atoms in total. The normalized spacial score (nSPS) is 22.7. The molecule has 1 aromatic heterocycles. The Morgan fingerprint density at radius 2 is 1.73 bits per heavy atom. The summed E-state index contributed by atoms with van der Waals surface area (Å²) in [6.07, 6.45) is -2.60. The zero-order valence-electron chi connectivity index (χ0n) is 14.1. The molecule has 2 unspecified atom stereocenters. The smallest absolute Gasteiger partial charge is 0.406 e. The number of benzene rings is 1. The van der Waals surface area contributed by atoms with Gasteiger partial charge in [0.2, 0.25) is 0 Å². The van der Waals surface area contributed by atoms with Crippen LogP contribution in [-0.2, 0) is 0 Å². The van der Waals surface area contributed by atoms with Crippen molar-refractivity contribution in [2.75, 3.05) is 18.0 Å². The molecule has 0 spiro atoms. The summed E-state index contributed by atoms with van der Waals surface area (Å²) in [7, 11) is 0. The van der Waals surface area contributed by atoms with Crippen LogP contribution in [0.15, 0.2) is 24.3 Å². The van der Waals surface area contributed by atoms with Crippen LogP contribution in [0.25, 0.3) is 5.69 Å². The first-order valence-corrected chi connectivity index (χ1v) is 8.42. The monoisotopic (exact) mass is 370 g/mol. The second-order valence-electron chi connectivity index (χ2n) is 6.72. The number of hydrogen-bond donors (Lipinski definition) is 1. The topological polar surface area (TPSA) is 42.3 Å². The van der Waals surface area contributed by atoms with Crippen molar-refractivity contribution in [3.8, 4) is 11.4 Å². The summed E-state index contributed by atoms with van der Waals surface area (Å²) >= 11 is 0. The van der Waals surface area contributed by atoms with Crippen LogP contribution < -0.4 is 15.0 Å². The molecule has 140 valence electrons. The van der Waals surface area contributed by atoms with Crippen molar-refractivity contribution >= 4 is 5.82 Å². The van der Waals surface area contributed by atoms with Crippen LogP contribution in [0.5, 0.6) is 5.75 Å². The zero-order valence-corrected chi connectivity index (χ0v) is 14.1. The Bertz CT molecular complexity index is 790. The third kappa shape index (κ3) is 3.23. The SMILES string of the molecule is Cc1c(F)c(N2CC3CCC(C2)N3)nn1-c1ccc(OC(F)(F)F)cc1. The Labute approximate surface area is 147 Å². The van der Waals surface area contributed by atoms with Gasteiger partial charge < -0.3 is 15.0 Å². The van der Waals surface area contributed by atoms with Gasteiger partial charge >= 0.3 is 6.36 Å². The molecule has 0 amide bonds. The first-order valence-electron chi connectivity index (χ1n) is 8.42. The lowest BCUT2D eigenvalue weighted by Crippen LogP contribution is -2.51. The number of fused-ring (bicyclic) bond motifs is 2. The molecule has 2 aliphatic rings. The Balaban J connectivity index is 1.59. The van der Waals surface area contributed by atoms with E-state index in [2.05, 4.69) is 15.2 Å². The van der Waals surface area contributed by atoms with Gasteiger partial charge in [-0.15, -0.1) is 18.3 Å². The number of alkyl halides is 3. The van der Waals surface area contributed by atoms with E-state index in [1.165, 1.54) is 28.9 Å². The Kier molecular flexibility index (Phi) is 4.06. The standard InChI is InChI=1S/C17H18F4N4O/c1-10-15(18)16(24-8-11-2-3-12(9-24)22-11)23-25(10)13-4-6-14(7-5-13)26-17(19,20)21/h4-7,11-12,22H,2-3,8-9H2,1H3. The Morgan fingerprint density at radius 3 is 2.31 bits per heavy atom. The summed E-state index contributed by atoms with van der Waals surface area (Å²) in [5.74, 6) is -0.441. The summed E-state index contributed by atoms with van der Waals surface area (Å²) in [5.41, 5.74) is 0.788. The van der Waals surface area contributed by atoms with Crippen molar-refractivity contribution in [3.63, 3.8) is 0 Å². The molecule has 2 aromatic rings. The number of ether oxygens (including phenoxy) is 1.